The Hall–Kier alpha value is -3.95. The molecule has 150 valence electrons. The van der Waals surface area contributed by atoms with Crippen LogP contribution >= 0.6 is 0 Å². The van der Waals surface area contributed by atoms with E-state index in [0.29, 0.717) is 23.7 Å². The summed E-state index contributed by atoms with van der Waals surface area (Å²) >= 11 is 0. The van der Waals surface area contributed by atoms with Crippen molar-refractivity contribution >= 4 is 11.7 Å². The van der Waals surface area contributed by atoms with Gasteiger partial charge in [-0.25, -0.2) is 4.79 Å². The van der Waals surface area contributed by atoms with Gasteiger partial charge in [-0.3, -0.25) is 10.1 Å². The van der Waals surface area contributed by atoms with Gasteiger partial charge in [0.05, 0.1) is 11.5 Å². The van der Waals surface area contributed by atoms with Crippen molar-refractivity contribution in [2.24, 2.45) is 0 Å². The number of carbonyl (C=O) groups excluding carboxylic acids is 1. The molecule has 29 heavy (non-hydrogen) atoms. The molecule has 1 heterocycles. The van der Waals surface area contributed by atoms with Gasteiger partial charge in [0, 0.05) is 17.7 Å². The molecule has 0 saturated carbocycles. The number of nitrogens with zero attached hydrogens (tertiary/aromatic N) is 3. The van der Waals surface area contributed by atoms with Crippen LogP contribution in [0.25, 0.3) is 11.5 Å². The summed E-state index contributed by atoms with van der Waals surface area (Å²) in [6.45, 7) is 1.95. The molecule has 0 atom stereocenters. The second kappa shape index (κ2) is 9.31. The van der Waals surface area contributed by atoms with Crippen molar-refractivity contribution in [1.82, 2.24) is 10.2 Å². The molecule has 0 bridgehead atoms. The van der Waals surface area contributed by atoms with E-state index >= 15 is 0 Å². The first-order chi connectivity index (χ1) is 14.0. The Morgan fingerprint density at radius 3 is 2.31 bits per heavy atom. The molecule has 10 heteroatoms. The summed E-state index contributed by atoms with van der Waals surface area (Å²) in [6.07, 6.45) is 0. The molecule has 1 aromatic heterocycles. The molecule has 0 aliphatic carbocycles. The molecule has 0 unspecified atom stereocenters. The first-order valence-electron chi connectivity index (χ1n) is 8.63. The molecule has 0 spiro atoms. The molecule has 0 aliphatic rings. The van der Waals surface area contributed by atoms with Crippen LogP contribution in [-0.2, 0) is 16.1 Å². The summed E-state index contributed by atoms with van der Waals surface area (Å²) in [6, 6.07) is 12.5. The molecule has 3 rings (SSSR count). The Morgan fingerprint density at radius 2 is 1.69 bits per heavy atom. The van der Waals surface area contributed by atoms with E-state index in [-0.39, 0.29) is 30.7 Å². The third kappa shape index (κ3) is 5.51. The zero-order valence-corrected chi connectivity index (χ0v) is 15.4. The van der Waals surface area contributed by atoms with E-state index in [1.54, 1.807) is 24.3 Å². The van der Waals surface area contributed by atoms with E-state index in [9.17, 15) is 14.9 Å². The van der Waals surface area contributed by atoms with Gasteiger partial charge in [0.1, 0.15) is 11.5 Å². The van der Waals surface area contributed by atoms with E-state index in [1.165, 1.54) is 24.3 Å². The zero-order valence-electron chi connectivity index (χ0n) is 15.4. The van der Waals surface area contributed by atoms with Gasteiger partial charge in [0.2, 0.25) is 5.89 Å². The lowest BCUT2D eigenvalue weighted by Crippen LogP contribution is -2.14. The molecule has 0 fully saturated rings. The third-order valence-electron chi connectivity index (χ3n) is 3.64. The van der Waals surface area contributed by atoms with Crippen LogP contribution < -0.4 is 9.47 Å². The topological polar surface area (TPSA) is 127 Å². The SMILES string of the molecule is CCOc1ccc(OCC(=O)OCc2nnc(-c3ccc([N+](=O)[O-])cc3)o2)cc1. The van der Waals surface area contributed by atoms with Gasteiger partial charge in [0.25, 0.3) is 11.6 Å². The zero-order chi connectivity index (χ0) is 20.6. The van der Waals surface area contributed by atoms with Gasteiger partial charge >= 0.3 is 5.97 Å². The average molecular weight is 399 g/mol. The van der Waals surface area contributed by atoms with Gasteiger partial charge in [-0.1, -0.05) is 0 Å². The lowest BCUT2D eigenvalue weighted by molar-refractivity contribution is -0.384. The number of non-ortho nitro benzene ring substituents is 1. The number of benzene rings is 2. The normalized spacial score (nSPS) is 10.4. The summed E-state index contributed by atoms with van der Waals surface area (Å²) in [7, 11) is 0. The van der Waals surface area contributed by atoms with Crippen molar-refractivity contribution in [2.45, 2.75) is 13.5 Å². The molecule has 0 saturated heterocycles. The predicted octanol–water partition coefficient (Wildman–Crippen LogP) is 3.17. The minimum absolute atomic E-state index is 0.0463. The molecule has 2 aromatic carbocycles. The maximum absolute atomic E-state index is 11.8. The van der Waals surface area contributed by atoms with Gasteiger partial charge in [-0.2, -0.15) is 0 Å². The van der Waals surface area contributed by atoms with Crippen LogP contribution in [0.1, 0.15) is 12.8 Å². The number of ether oxygens (including phenoxy) is 3. The number of aromatic nitrogens is 2. The van der Waals surface area contributed by atoms with Crippen LogP contribution in [-0.4, -0.2) is 34.3 Å². The fourth-order valence-corrected chi connectivity index (χ4v) is 2.28. The largest absolute Gasteiger partial charge is 0.494 e. The van der Waals surface area contributed by atoms with Crippen LogP contribution in [0.4, 0.5) is 5.69 Å². The molecule has 0 amide bonds. The Morgan fingerprint density at radius 1 is 1.03 bits per heavy atom. The fraction of sp³-hybridized carbons (Fsp3) is 0.211. The highest BCUT2D eigenvalue weighted by atomic mass is 16.6. The fourth-order valence-electron chi connectivity index (χ4n) is 2.28. The number of rotatable bonds is 9. The molecule has 3 aromatic rings. The summed E-state index contributed by atoms with van der Waals surface area (Å²) in [5, 5.41) is 18.3. The summed E-state index contributed by atoms with van der Waals surface area (Å²) in [4.78, 5) is 22.0. The Balaban J connectivity index is 1.47. The number of nitro benzene ring substituents is 1. The standard InChI is InChI=1S/C19H17N3O7/c1-2-26-15-7-9-16(10-8-15)27-12-18(23)28-11-17-20-21-19(29-17)13-3-5-14(6-4-13)22(24)25/h3-10H,2,11-12H2,1H3. The van der Waals surface area contributed by atoms with E-state index in [0.717, 1.165) is 0 Å². The van der Waals surface area contributed by atoms with E-state index in [1.807, 2.05) is 6.92 Å². The van der Waals surface area contributed by atoms with Crippen LogP contribution in [0.2, 0.25) is 0 Å². The number of hydrogen-bond donors (Lipinski definition) is 0. The number of esters is 1. The number of nitro groups is 1. The van der Waals surface area contributed by atoms with Gasteiger partial charge in [0.15, 0.2) is 13.2 Å². The molecular weight excluding hydrogens is 382 g/mol. The number of hydrogen-bond acceptors (Lipinski definition) is 9. The third-order valence-corrected chi connectivity index (χ3v) is 3.64. The maximum Gasteiger partial charge on any atom is 0.344 e. The average Bonchev–Trinajstić information content (AvgIpc) is 3.21. The predicted molar refractivity (Wildman–Crippen MR) is 99.3 cm³/mol. The number of carbonyl (C=O) groups is 1. The summed E-state index contributed by atoms with van der Waals surface area (Å²) in [5.41, 5.74) is 0.467. The van der Waals surface area contributed by atoms with Gasteiger partial charge < -0.3 is 18.6 Å². The minimum atomic E-state index is -0.603. The smallest absolute Gasteiger partial charge is 0.344 e. The second-order valence-electron chi connectivity index (χ2n) is 5.66. The Labute approximate surface area is 165 Å². The summed E-state index contributed by atoms with van der Waals surface area (Å²) < 4.78 is 21.1. The van der Waals surface area contributed by atoms with Crippen LogP contribution in [0.3, 0.4) is 0 Å². The van der Waals surface area contributed by atoms with Crippen LogP contribution in [0, 0.1) is 10.1 Å². The van der Waals surface area contributed by atoms with Gasteiger partial charge in [-0.15, -0.1) is 10.2 Å². The monoisotopic (exact) mass is 399 g/mol. The van der Waals surface area contributed by atoms with E-state index < -0.39 is 10.9 Å². The highest BCUT2D eigenvalue weighted by Crippen LogP contribution is 2.21. The Kier molecular flexibility index (Phi) is 6.36. The molecule has 0 radical (unpaired) electrons. The van der Waals surface area contributed by atoms with E-state index in [4.69, 9.17) is 18.6 Å². The lowest BCUT2D eigenvalue weighted by atomic mass is 10.2. The quantitative estimate of drug-likeness (QED) is 0.303. The van der Waals surface area contributed by atoms with Crippen molar-refractivity contribution in [3.63, 3.8) is 0 Å². The highest BCUT2D eigenvalue weighted by molar-refractivity contribution is 5.71. The van der Waals surface area contributed by atoms with Gasteiger partial charge in [-0.05, 0) is 43.3 Å². The van der Waals surface area contributed by atoms with Crippen molar-refractivity contribution < 1.29 is 28.3 Å². The van der Waals surface area contributed by atoms with Crippen molar-refractivity contribution in [3.05, 3.63) is 64.5 Å². The Bertz CT molecular complexity index is 968. The summed E-state index contributed by atoms with van der Waals surface area (Å²) in [5.74, 6) is 0.865. The first-order valence-corrected chi connectivity index (χ1v) is 8.63. The lowest BCUT2D eigenvalue weighted by Gasteiger charge is -2.07. The first kappa shape index (κ1) is 19.8. The van der Waals surface area contributed by atoms with E-state index in [2.05, 4.69) is 10.2 Å². The highest BCUT2D eigenvalue weighted by Gasteiger charge is 2.13. The maximum atomic E-state index is 11.8. The van der Waals surface area contributed by atoms with Crippen molar-refractivity contribution in [3.8, 4) is 23.0 Å². The van der Waals surface area contributed by atoms with Crippen LogP contribution in [0.5, 0.6) is 11.5 Å². The molecule has 10 nitrogen and oxygen atoms in total. The molecule has 0 aliphatic heterocycles. The van der Waals surface area contributed by atoms with Crippen LogP contribution in [0.15, 0.2) is 52.9 Å². The second-order valence-corrected chi connectivity index (χ2v) is 5.66. The minimum Gasteiger partial charge on any atom is -0.494 e. The molecule has 0 N–H and O–H groups in total. The molecular formula is C19H17N3O7. The van der Waals surface area contributed by atoms with Crippen molar-refractivity contribution in [2.75, 3.05) is 13.2 Å². The van der Waals surface area contributed by atoms with Crippen molar-refractivity contribution in [1.29, 1.82) is 0 Å².